The van der Waals surface area contributed by atoms with Gasteiger partial charge in [-0.15, -0.1) is 26.2 Å². The van der Waals surface area contributed by atoms with E-state index in [0.29, 0.717) is 11.7 Å². The van der Waals surface area contributed by atoms with E-state index >= 15 is 0 Å². The van der Waals surface area contributed by atoms with Gasteiger partial charge >= 0.3 is 0 Å². The van der Waals surface area contributed by atoms with Crippen LogP contribution in [0.5, 0.6) is 0 Å². The summed E-state index contributed by atoms with van der Waals surface area (Å²) < 4.78 is 1.47. The molecule has 22 heavy (non-hydrogen) atoms. The summed E-state index contributed by atoms with van der Waals surface area (Å²) in [5.41, 5.74) is 1.74. The van der Waals surface area contributed by atoms with E-state index in [9.17, 15) is 0 Å². The van der Waals surface area contributed by atoms with E-state index in [0.717, 1.165) is 36.3 Å². The lowest BCUT2D eigenvalue weighted by atomic mass is 10.2. The van der Waals surface area contributed by atoms with Gasteiger partial charge in [0.2, 0.25) is 0 Å². The van der Waals surface area contributed by atoms with E-state index < -0.39 is 0 Å². The third-order valence-corrected chi connectivity index (χ3v) is 4.86. The van der Waals surface area contributed by atoms with Crippen molar-refractivity contribution >= 4 is 27.9 Å². The maximum absolute atomic E-state index is 4.60. The maximum atomic E-state index is 4.60. The highest BCUT2D eigenvalue weighted by molar-refractivity contribution is 7.13. The molecule has 3 aromatic heterocycles. The third kappa shape index (κ3) is 2.27. The van der Waals surface area contributed by atoms with Crippen LogP contribution in [0.15, 0.2) is 17.5 Å². The van der Waals surface area contributed by atoms with Gasteiger partial charge in [0, 0.05) is 31.1 Å². The van der Waals surface area contributed by atoms with Crippen molar-refractivity contribution in [3.63, 3.8) is 0 Å². The summed E-state index contributed by atoms with van der Waals surface area (Å²) >= 11 is 1.71. The molecule has 0 amide bonds. The number of anilines is 2. The lowest BCUT2D eigenvalue weighted by molar-refractivity contribution is 0.541. The summed E-state index contributed by atoms with van der Waals surface area (Å²) in [7, 11) is 0. The average Bonchev–Trinajstić information content (AvgIpc) is 3.15. The standard InChI is InChI=1S/C13H16N8S/c1-9-8-22-13(14-9)20-6-5-19(7-10(20)2)12-4-3-11-15-17-18-21(11)16-12/h3-4,8,10H,5-7H2,1-2H3/t10-/m0/s1. The second-order valence-corrected chi connectivity index (χ2v) is 6.31. The number of fused-ring (bicyclic) bond motifs is 1. The number of piperazine rings is 1. The first-order valence-electron chi connectivity index (χ1n) is 7.20. The summed E-state index contributed by atoms with van der Waals surface area (Å²) in [6, 6.07) is 4.25. The van der Waals surface area contributed by atoms with Gasteiger partial charge in [0.1, 0.15) is 0 Å². The molecule has 1 fully saturated rings. The van der Waals surface area contributed by atoms with Crippen LogP contribution in [0.25, 0.3) is 5.65 Å². The number of hydrogen-bond donors (Lipinski definition) is 0. The van der Waals surface area contributed by atoms with Crippen molar-refractivity contribution in [2.75, 3.05) is 29.4 Å². The fourth-order valence-electron chi connectivity index (χ4n) is 2.73. The molecule has 1 atom stereocenters. The van der Waals surface area contributed by atoms with Crippen molar-refractivity contribution in [1.82, 2.24) is 30.2 Å². The zero-order valence-electron chi connectivity index (χ0n) is 12.4. The van der Waals surface area contributed by atoms with Crippen molar-refractivity contribution < 1.29 is 0 Å². The Morgan fingerprint density at radius 3 is 2.95 bits per heavy atom. The third-order valence-electron chi connectivity index (χ3n) is 3.86. The minimum atomic E-state index is 0.380. The van der Waals surface area contributed by atoms with Gasteiger partial charge in [-0.25, -0.2) is 4.98 Å². The smallest absolute Gasteiger partial charge is 0.200 e. The second-order valence-electron chi connectivity index (χ2n) is 5.48. The Hall–Kier alpha value is -2.29. The molecule has 8 nitrogen and oxygen atoms in total. The Morgan fingerprint density at radius 2 is 2.18 bits per heavy atom. The summed E-state index contributed by atoms with van der Waals surface area (Å²) in [5, 5.41) is 19.0. The van der Waals surface area contributed by atoms with E-state index in [1.807, 2.05) is 19.1 Å². The normalized spacial score (nSPS) is 19.1. The number of aromatic nitrogens is 6. The van der Waals surface area contributed by atoms with Crippen LogP contribution in [0.3, 0.4) is 0 Å². The van der Waals surface area contributed by atoms with Crippen LogP contribution in [0.4, 0.5) is 10.9 Å². The molecule has 3 aromatic rings. The highest BCUT2D eigenvalue weighted by Crippen LogP contribution is 2.26. The topological polar surface area (TPSA) is 75.3 Å². The molecular weight excluding hydrogens is 300 g/mol. The molecule has 1 saturated heterocycles. The van der Waals surface area contributed by atoms with Gasteiger partial charge in [0.15, 0.2) is 16.6 Å². The van der Waals surface area contributed by atoms with Gasteiger partial charge in [-0.1, -0.05) is 0 Å². The Labute approximate surface area is 131 Å². The van der Waals surface area contributed by atoms with Crippen LogP contribution in [-0.4, -0.2) is 55.9 Å². The summed E-state index contributed by atoms with van der Waals surface area (Å²) in [6.45, 7) is 7.00. The Morgan fingerprint density at radius 1 is 1.27 bits per heavy atom. The molecule has 0 radical (unpaired) electrons. The van der Waals surface area contributed by atoms with Crippen molar-refractivity contribution in [2.24, 2.45) is 0 Å². The zero-order chi connectivity index (χ0) is 15.1. The molecule has 0 aliphatic carbocycles. The lowest BCUT2D eigenvalue weighted by Gasteiger charge is -2.40. The van der Waals surface area contributed by atoms with Gasteiger partial charge in [-0.05, 0) is 36.4 Å². The van der Waals surface area contributed by atoms with Crippen molar-refractivity contribution in [3.05, 3.63) is 23.2 Å². The highest BCUT2D eigenvalue weighted by atomic mass is 32.1. The summed E-state index contributed by atoms with van der Waals surface area (Å²) in [4.78, 5) is 9.23. The predicted molar refractivity (Wildman–Crippen MR) is 84.4 cm³/mol. The van der Waals surface area contributed by atoms with Crippen LogP contribution < -0.4 is 9.80 Å². The molecule has 1 aliphatic rings. The highest BCUT2D eigenvalue weighted by Gasteiger charge is 2.26. The monoisotopic (exact) mass is 316 g/mol. The molecule has 4 rings (SSSR count). The molecule has 0 N–H and O–H groups in total. The number of hydrogen-bond acceptors (Lipinski definition) is 8. The number of rotatable bonds is 2. The van der Waals surface area contributed by atoms with E-state index in [1.54, 1.807) is 11.3 Å². The molecular formula is C13H16N8S. The number of aryl methyl sites for hydroxylation is 1. The molecule has 1 aliphatic heterocycles. The molecule has 0 bridgehead atoms. The van der Waals surface area contributed by atoms with Crippen LogP contribution in [0.2, 0.25) is 0 Å². The minimum absolute atomic E-state index is 0.380. The Balaban J connectivity index is 1.54. The first-order valence-corrected chi connectivity index (χ1v) is 8.08. The summed E-state index contributed by atoms with van der Waals surface area (Å²) in [6.07, 6.45) is 0. The molecule has 114 valence electrons. The van der Waals surface area contributed by atoms with Gasteiger partial charge in [-0.2, -0.15) is 0 Å². The van der Waals surface area contributed by atoms with Crippen molar-refractivity contribution in [1.29, 1.82) is 0 Å². The Kier molecular flexibility index (Phi) is 3.14. The fourth-order valence-corrected chi connectivity index (χ4v) is 3.66. The molecule has 9 heteroatoms. The van der Waals surface area contributed by atoms with Crippen LogP contribution in [0, 0.1) is 6.92 Å². The molecule has 4 heterocycles. The number of tetrazole rings is 1. The number of thiazole rings is 1. The summed E-state index contributed by atoms with van der Waals surface area (Å²) in [5.74, 6) is 0.904. The van der Waals surface area contributed by atoms with E-state index in [2.05, 4.69) is 47.7 Å². The zero-order valence-corrected chi connectivity index (χ0v) is 13.2. The Bertz CT molecular complexity index is 796. The van der Waals surface area contributed by atoms with Crippen LogP contribution in [-0.2, 0) is 0 Å². The van der Waals surface area contributed by atoms with E-state index in [1.165, 1.54) is 4.63 Å². The molecule has 0 saturated carbocycles. The minimum Gasteiger partial charge on any atom is -0.351 e. The van der Waals surface area contributed by atoms with Gasteiger partial charge < -0.3 is 9.80 Å². The molecule has 0 unspecified atom stereocenters. The van der Waals surface area contributed by atoms with Gasteiger partial charge in [0.05, 0.1) is 5.69 Å². The van der Waals surface area contributed by atoms with Crippen molar-refractivity contribution in [3.8, 4) is 0 Å². The second kappa shape index (κ2) is 5.16. The SMILES string of the molecule is Cc1csc(N2CCN(c3ccc4nnnn4n3)C[C@@H]2C)n1. The fraction of sp³-hybridized carbons (Fsp3) is 0.462. The first kappa shape index (κ1) is 13.4. The van der Waals surface area contributed by atoms with Gasteiger partial charge in [-0.3, -0.25) is 0 Å². The largest absolute Gasteiger partial charge is 0.351 e. The van der Waals surface area contributed by atoms with E-state index in [-0.39, 0.29) is 0 Å². The van der Waals surface area contributed by atoms with Gasteiger partial charge in [0.25, 0.3) is 0 Å². The lowest BCUT2D eigenvalue weighted by Crippen LogP contribution is -2.52. The van der Waals surface area contributed by atoms with Crippen LogP contribution in [0.1, 0.15) is 12.6 Å². The predicted octanol–water partition coefficient (Wildman–Crippen LogP) is 0.999. The molecule has 0 spiro atoms. The van der Waals surface area contributed by atoms with Crippen molar-refractivity contribution in [2.45, 2.75) is 19.9 Å². The van der Waals surface area contributed by atoms with E-state index in [4.69, 9.17) is 0 Å². The first-order chi connectivity index (χ1) is 10.7. The quantitative estimate of drug-likeness (QED) is 0.698. The molecule has 0 aromatic carbocycles. The van der Waals surface area contributed by atoms with Crippen LogP contribution >= 0.6 is 11.3 Å². The maximum Gasteiger partial charge on any atom is 0.200 e. The number of nitrogens with zero attached hydrogens (tertiary/aromatic N) is 8. The average molecular weight is 316 g/mol.